The van der Waals surface area contributed by atoms with Crippen molar-refractivity contribution in [3.05, 3.63) is 125 Å². The van der Waals surface area contributed by atoms with Gasteiger partial charge in [-0.2, -0.15) is 4.36 Å². The standard InChI is InChI=1S/C29H26N2O2S/c1-21-17-18-28(22(2)19-21)34(32,24-13-7-4-8-14-24)31-26-16-10-9-15-25(26)29-30-27(20-33-29)23-11-5-3-6-12-23/h3-19,27H,20H2,1-2H3/t27-,34?/m1/s1. The Kier molecular flexibility index (Phi) is 6.03. The second-order valence-corrected chi connectivity index (χ2v) is 10.5. The van der Waals surface area contributed by atoms with Crippen LogP contribution >= 0.6 is 0 Å². The zero-order chi connectivity index (χ0) is 23.5. The van der Waals surface area contributed by atoms with E-state index >= 15 is 0 Å². The predicted octanol–water partition coefficient (Wildman–Crippen LogP) is 7.04. The van der Waals surface area contributed by atoms with Gasteiger partial charge in [-0.1, -0.05) is 78.4 Å². The van der Waals surface area contributed by atoms with Gasteiger partial charge in [-0.25, -0.2) is 9.20 Å². The Labute approximate surface area is 201 Å². The smallest absolute Gasteiger partial charge is 0.219 e. The molecular formula is C29H26N2O2S. The number of aryl methyl sites for hydroxylation is 2. The van der Waals surface area contributed by atoms with Crippen LogP contribution in [0.5, 0.6) is 0 Å². The topological polar surface area (TPSA) is 51.0 Å². The van der Waals surface area contributed by atoms with Gasteiger partial charge in [-0.3, -0.25) is 0 Å². The maximum Gasteiger partial charge on any atom is 0.219 e. The molecule has 5 rings (SSSR count). The van der Waals surface area contributed by atoms with Gasteiger partial charge in [-0.15, -0.1) is 0 Å². The molecule has 5 heteroatoms. The van der Waals surface area contributed by atoms with Crippen molar-refractivity contribution in [3.8, 4) is 0 Å². The van der Waals surface area contributed by atoms with E-state index in [1.807, 2.05) is 105 Å². The zero-order valence-electron chi connectivity index (χ0n) is 19.2. The molecule has 0 spiro atoms. The van der Waals surface area contributed by atoms with Gasteiger partial charge in [0.05, 0.1) is 21.0 Å². The van der Waals surface area contributed by atoms with Crippen LogP contribution in [0, 0.1) is 13.8 Å². The number of hydrogen-bond acceptors (Lipinski definition) is 4. The third-order valence-corrected chi connectivity index (χ3v) is 8.31. The van der Waals surface area contributed by atoms with Gasteiger partial charge < -0.3 is 4.74 Å². The molecule has 170 valence electrons. The normalized spacial score (nSPS) is 16.9. The summed E-state index contributed by atoms with van der Waals surface area (Å²) in [6, 6.07) is 33.1. The molecule has 1 aliphatic heterocycles. The molecule has 1 unspecified atom stereocenters. The van der Waals surface area contributed by atoms with E-state index in [0.717, 1.165) is 27.1 Å². The molecule has 2 atom stereocenters. The minimum atomic E-state index is -2.95. The summed E-state index contributed by atoms with van der Waals surface area (Å²) in [5, 5.41) is 0. The van der Waals surface area contributed by atoms with Crippen LogP contribution in [-0.4, -0.2) is 16.7 Å². The second kappa shape index (κ2) is 9.27. The van der Waals surface area contributed by atoms with E-state index in [0.29, 0.717) is 23.1 Å². The summed E-state index contributed by atoms with van der Waals surface area (Å²) in [4.78, 5) is 6.23. The molecule has 0 radical (unpaired) electrons. The van der Waals surface area contributed by atoms with Crippen LogP contribution in [0.2, 0.25) is 0 Å². The lowest BCUT2D eigenvalue weighted by atomic mass is 10.1. The fourth-order valence-corrected chi connectivity index (χ4v) is 6.35. The maximum atomic E-state index is 14.7. The molecule has 0 fully saturated rings. The van der Waals surface area contributed by atoms with Crippen LogP contribution in [0.1, 0.15) is 28.3 Å². The third-order valence-electron chi connectivity index (χ3n) is 5.89. The molecule has 0 amide bonds. The van der Waals surface area contributed by atoms with Crippen LogP contribution in [0.25, 0.3) is 0 Å². The molecule has 1 heterocycles. The number of rotatable bonds is 5. The molecule has 4 aromatic rings. The molecule has 0 aromatic heterocycles. The first-order chi connectivity index (χ1) is 16.5. The van der Waals surface area contributed by atoms with E-state index in [9.17, 15) is 4.21 Å². The SMILES string of the molecule is Cc1ccc(S(=O)(=Nc2ccccc2C2=N[C@@H](c3ccccc3)CO2)c2ccccc2)c(C)c1. The minimum absolute atomic E-state index is 0.0675. The van der Waals surface area contributed by atoms with Gasteiger partial charge in [0.25, 0.3) is 0 Å². The van der Waals surface area contributed by atoms with Crippen LogP contribution < -0.4 is 0 Å². The number of benzene rings is 4. The minimum Gasteiger partial charge on any atom is -0.475 e. The molecule has 4 aromatic carbocycles. The van der Waals surface area contributed by atoms with Gasteiger partial charge in [0.1, 0.15) is 22.4 Å². The molecule has 0 bridgehead atoms. The van der Waals surface area contributed by atoms with Crippen LogP contribution in [0.4, 0.5) is 5.69 Å². The van der Waals surface area contributed by atoms with Crippen molar-refractivity contribution in [1.82, 2.24) is 0 Å². The van der Waals surface area contributed by atoms with Gasteiger partial charge in [-0.05, 0) is 55.3 Å². The average Bonchev–Trinajstić information content (AvgIpc) is 3.35. The quantitative estimate of drug-likeness (QED) is 0.317. The summed E-state index contributed by atoms with van der Waals surface area (Å²) >= 11 is 0. The largest absolute Gasteiger partial charge is 0.475 e. The lowest BCUT2D eigenvalue weighted by Gasteiger charge is -2.15. The Bertz CT molecular complexity index is 1470. The molecule has 1 aliphatic rings. The van der Waals surface area contributed by atoms with Gasteiger partial charge in [0.15, 0.2) is 0 Å². The van der Waals surface area contributed by atoms with Crippen LogP contribution in [0.3, 0.4) is 0 Å². The zero-order valence-corrected chi connectivity index (χ0v) is 20.0. The molecule has 0 saturated carbocycles. The highest BCUT2D eigenvalue weighted by Crippen LogP contribution is 2.34. The molecule has 34 heavy (non-hydrogen) atoms. The summed E-state index contributed by atoms with van der Waals surface area (Å²) in [6.45, 7) is 4.49. The Hall–Kier alpha value is -3.70. The van der Waals surface area contributed by atoms with E-state index in [2.05, 4.69) is 12.1 Å². The average molecular weight is 467 g/mol. The Balaban J connectivity index is 1.67. The van der Waals surface area contributed by atoms with E-state index in [4.69, 9.17) is 14.1 Å². The lowest BCUT2D eigenvalue weighted by Crippen LogP contribution is -2.06. The third kappa shape index (κ3) is 4.27. The highest BCUT2D eigenvalue weighted by Gasteiger charge is 2.25. The highest BCUT2D eigenvalue weighted by molar-refractivity contribution is 7.94. The number of hydrogen-bond donors (Lipinski definition) is 0. The molecule has 0 aliphatic carbocycles. The monoisotopic (exact) mass is 466 g/mol. The van der Waals surface area contributed by atoms with E-state index in [1.165, 1.54) is 0 Å². The van der Waals surface area contributed by atoms with Gasteiger partial charge in [0.2, 0.25) is 5.90 Å². The molecule has 4 nitrogen and oxygen atoms in total. The number of aliphatic imine (C=N–C) groups is 1. The van der Waals surface area contributed by atoms with E-state index in [-0.39, 0.29) is 6.04 Å². The first-order valence-corrected chi connectivity index (χ1v) is 12.8. The Morgan fingerprint density at radius 3 is 2.26 bits per heavy atom. The maximum absolute atomic E-state index is 14.7. The van der Waals surface area contributed by atoms with Crippen molar-refractivity contribution < 1.29 is 8.95 Å². The van der Waals surface area contributed by atoms with Crippen molar-refractivity contribution >= 4 is 21.3 Å². The van der Waals surface area contributed by atoms with Crippen molar-refractivity contribution in [2.24, 2.45) is 9.36 Å². The summed E-state index contributed by atoms with van der Waals surface area (Å²) < 4.78 is 25.6. The van der Waals surface area contributed by atoms with Crippen molar-refractivity contribution in [2.45, 2.75) is 29.7 Å². The highest BCUT2D eigenvalue weighted by atomic mass is 32.2. The molecular weight excluding hydrogens is 440 g/mol. The summed E-state index contributed by atoms with van der Waals surface area (Å²) in [5.74, 6) is 0.531. The first-order valence-electron chi connectivity index (χ1n) is 11.3. The summed E-state index contributed by atoms with van der Waals surface area (Å²) in [6.07, 6.45) is 0. The second-order valence-electron chi connectivity index (χ2n) is 8.39. The van der Waals surface area contributed by atoms with Crippen LogP contribution in [-0.2, 0) is 14.5 Å². The van der Waals surface area contributed by atoms with Crippen molar-refractivity contribution in [1.29, 1.82) is 0 Å². The van der Waals surface area contributed by atoms with Gasteiger partial charge in [0, 0.05) is 0 Å². The number of ether oxygens (including phenoxy) is 1. The fourth-order valence-electron chi connectivity index (χ4n) is 4.18. The lowest BCUT2D eigenvalue weighted by molar-refractivity contribution is 0.320. The van der Waals surface area contributed by atoms with Crippen molar-refractivity contribution in [3.63, 3.8) is 0 Å². The number of nitrogens with zero attached hydrogens (tertiary/aromatic N) is 2. The Morgan fingerprint density at radius 2 is 1.53 bits per heavy atom. The van der Waals surface area contributed by atoms with Crippen molar-refractivity contribution in [2.75, 3.05) is 6.61 Å². The summed E-state index contributed by atoms with van der Waals surface area (Å²) in [5.41, 5.74) is 4.53. The van der Waals surface area contributed by atoms with E-state index < -0.39 is 9.73 Å². The summed E-state index contributed by atoms with van der Waals surface area (Å²) in [7, 11) is -2.95. The molecule has 0 N–H and O–H groups in total. The Morgan fingerprint density at radius 1 is 0.853 bits per heavy atom. The predicted molar refractivity (Wildman–Crippen MR) is 137 cm³/mol. The fraction of sp³-hybridized carbons (Fsp3) is 0.138. The van der Waals surface area contributed by atoms with Crippen LogP contribution in [0.15, 0.2) is 122 Å². The first kappa shape index (κ1) is 22.1. The van der Waals surface area contributed by atoms with E-state index in [1.54, 1.807) is 0 Å². The van der Waals surface area contributed by atoms with Gasteiger partial charge >= 0.3 is 0 Å². The molecule has 0 saturated heterocycles.